The topological polar surface area (TPSA) is 62.1 Å². The Morgan fingerprint density at radius 3 is 2.59 bits per heavy atom. The quantitative estimate of drug-likeness (QED) is 0.759. The lowest BCUT2D eigenvalue weighted by Crippen LogP contribution is -2.24. The third-order valence-electron chi connectivity index (χ3n) is 4.91. The van der Waals surface area contributed by atoms with Crippen molar-refractivity contribution >= 4 is 22.4 Å². The van der Waals surface area contributed by atoms with Gasteiger partial charge in [-0.2, -0.15) is 5.10 Å². The minimum atomic E-state index is -0.198. The summed E-state index contributed by atoms with van der Waals surface area (Å²) in [5.74, 6) is 0.869. The molecular formula is C22H20N2O3. The van der Waals surface area contributed by atoms with Crippen LogP contribution in [0, 0.1) is 0 Å². The average molecular weight is 360 g/mol. The standard InChI is InChI=1S/C22H20N2O3/c1-14(25)24-21(13-20(23-24)15-6-5-7-16(26)12-15)18-10-11-22(27-2)19-9-4-3-8-17(18)19/h3-12,21,26H,13H2,1-2H3. The van der Waals surface area contributed by atoms with E-state index in [0.29, 0.717) is 6.42 Å². The average Bonchev–Trinajstić information content (AvgIpc) is 3.12. The van der Waals surface area contributed by atoms with Crippen molar-refractivity contribution in [2.24, 2.45) is 5.10 Å². The maximum atomic E-state index is 12.3. The molecule has 5 heteroatoms. The molecule has 0 fully saturated rings. The lowest BCUT2D eigenvalue weighted by atomic mass is 9.93. The molecular weight excluding hydrogens is 340 g/mol. The van der Waals surface area contributed by atoms with Crippen LogP contribution in [0.15, 0.2) is 65.8 Å². The fourth-order valence-corrected chi connectivity index (χ4v) is 3.67. The zero-order valence-corrected chi connectivity index (χ0v) is 15.2. The summed E-state index contributed by atoms with van der Waals surface area (Å²) in [4.78, 5) is 12.3. The van der Waals surface area contributed by atoms with Gasteiger partial charge in [-0.05, 0) is 29.1 Å². The van der Waals surface area contributed by atoms with Crippen LogP contribution in [0.2, 0.25) is 0 Å². The summed E-state index contributed by atoms with van der Waals surface area (Å²) in [5.41, 5.74) is 2.63. The number of nitrogens with zero attached hydrogens (tertiary/aromatic N) is 2. The SMILES string of the molecule is COc1ccc(C2CC(c3cccc(O)c3)=NN2C(C)=O)c2ccccc12. The largest absolute Gasteiger partial charge is 0.508 e. The monoisotopic (exact) mass is 360 g/mol. The summed E-state index contributed by atoms with van der Waals surface area (Å²) in [5, 5.41) is 17.9. The molecule has 0 bridgehead atoms. The Hall–Kier alpha value is -3.34. The highest BCUT2D eigenvalue weighted by Crippen LogP contribution is 2.39. The molecule has 27 heavy (non-hydrogen) atoms. The Kier molecular flexibility index (Phi) is 4.28. The first-order chi connectivity index (χ1) is 13.1. The molecule has 1 unspecified atom stereocenters. The smallest absolute Gasteiger partial charge is 0.240 e. The van der Waals surface area contributed by atoms with E-state index < -0.39 is 0 Å². The lowest BCUT2D eigenvalue weighted by molar-refractivity contribution is -0.130. The van der Waals surface area contributed by atoms with Crippen LogP contribution in [0.3, 0.4) is 0 Å². The van der Waals surface area contributed by atoms with Crippen molar-refractivity contribution in [3.8, 4) is 11.5 Å². The third-order valence-corrected chi connectivity index (χ3v) is 4.91. The second kappa shape index (κ2) is 6.76. The molecule has 5 nitrogen and oxygen atoms in total. The van der Waals surface area contributed by atoms with Crippen LogP contribution in [0.4, 0.5) is 0 Å². The van der Waals surface area contributed by atoms with Crippen LogP contribution in [0.1, 0.15) is 30.5 Å². The molecule has 1 atom stereocenters. The summed E-state index contributed by atoms with van der Waals surface area (Å²) >= 11 is 0. The Morgan fingerprint density at radius 1 is 1.11 bits per heavy atom. The number of fused-ring (bicyclic) bond motifs is 1. The number of carbonyl (C=O) groups excluding carboxylic acids is 1. The molecule has 1 heterocycles. The van der Waals surface area contributed by atoms with Gasteiger partial charge < -0.3 is 9.84 Å². The number of benzene rings is 3. The minimum absolute atomic E-state index is 0.116. The van der Waals surface area contributed by atoms with Gasteiger partial charge in [0.2, 0.25) is 5.91 Å². The number of aromatic hydroxyl groups is 1. The molecule has 4 rings (SSSR count). The van der Waals surface area contributed by atoms with Crippen LogP contribution in [-0.2, 0) is 4.79 Å². The molecule has 136 valence electrons. The van der Waals surface area contributed by atoms with E-state index in [0.717, 1.165) is 33.4 Å². The van der Waals surface area contributed by atoms with Crippen molar-refractivity contribution in [3.63, 3.8) is 0 Å². The van der Waals surface area contributed by atoms with Crippen LogP contribution in [-0.4, -0.2) is 28.8 Å². The van der Waals surface area contributed by atoms with E-state index in [2.05, 4.69) is 5.10 Å². The van der Waals surface area contributed by atoms with Gasteiger partial charge in [-0.1, -0.05) is 42.5 Å². The number of hydrogen-bond acceptors (Lipinski definition) is 4. The van der Waals surface area contributed by atoms with Gasteiger partial charge in [0.25, 0.3) is 0 Å². The minimum Gasteiger partial charge on any atom is -0.508 e. The van der Waals surface area contributed by atoms with Crippen molar-refractivity contribution in [3.05, 3.63) is 71.8 Å². The molecule has 0 aromatic heterocycles. The second-order valence-electron chi connectivity index (χ2n) is 6.58. The molecule has 0 spiro atoms. The van der Waals surface area contributed by atoms with Crippen LogP contribution in [0.25, 0.3) is 10.8 Å². The number of hydrazone groups is 1. The summed E-state index contributed by atoms with van der Waals surface area (Å²) in [6.45, 7) is 1.52. The van der Waals surface area contributed by atoms with Gasteiger partial charge >= 0.3 is 0 Å². The Morgan fingerprint density at radius 2 is 1.89 bits per heavy atom. The zero-order valence-electron chi connectivity index (χ0n) is 15.2. The molecule has 1 aliphatic rings. The number of hydrogen-bond donors (Lipinski definition) is 1. The zero-order chi connectivity index (χ0) is 19.0. The Bertz CT molecular complexity index is 1060. The number of carbonyl (C=O) groups is 1. The van der Waals surface area contributed by atoms with E-state index >= 15 is 0 Å². The van der Waals surface area contributed by atoms with Crippen molar-refractivity contribution in [2.45, 2.75) is 19.4 Å². The third kappa shape index (κ3) is 3.01. The van der Waals surface area contributed by atoms with Gasteiger partial charge in [-0.3, -0.25) is 4.79 Å². The van der Waals surface area contributed by atoms with Crippen LogP contribution < -0.4 is 4.74 Å². The van der Waals surface area contributed by atoms with E-state index in [4.69, 9.17) is 4.74 Å². The predicted molar refractivity (Wildman–Crippen MR) is 105 cm³/mol. The predicted octanol–water partition coefficient (Wildman–Crippen LogP) is 4.25. The molecule has 1 amide bonds. The summed E-state index contributed by atoms with van der Waals surface area (Å²) in [6, 6.07) is 18.7. The van der Waals surface area contributed by atoms with Crippen LogP contribution >= 0.6 is 0 Å². The van der Waals surface area contributed by atoms with E-state index in [1.807, 2.05) is 42.5 Å². The van der Waals surface area contributed by atoms with Crippen molar-refractivity contribution in [1.82, 2.24) is 5.01 Å². The Labute approximate surface area is 157 Å². The highest BCUT2D eigenvalue weighted by molar-refractivity contribution is 6.04. The first kappa shape index (κ1) is 17.1. The van der Waals surface area contributed by atoms with Crippen LogP contribution in [0.5, 0.6) is 11.5 Å². The molecule has 0 aliphatic carbocycles. The molecule has 0 saturated carbocycles. The van der Waals surface area contributed by atoms with Crippen molar-refractivity contribution in [1.29, 1.82) is 0 Å². The van der Waals surface area contributed by atoms with E-state index in [1.165, 1.54) is 11.9 Å². The normalized spacial score (nSPS) is 16.4. The van der Waals surface area contributed by atoms with Gasteiger partial charge in [0.1, 0.15) is 11.5 Å². The first-order valence-corrected chi connectivity index (χ1v) is 8.81. The van der Waals surface area contributed by atoms with Gasteiger partial charge in [0.05, 0.1) is 18.9 Å². The number of ether oxygens (including phenoxy) is 1. The van der Waals surface area contributed by atoms with Gasteiger partial charge in [-0.25, -0.2) is 5.01 Å². The molecule has 3 aromatic rings. The molecule has 0 saturated heterocycles. The Balaban J connectivity index is 1.80. The number of phenolic OH excluding ortho intramolecular Hbond substituents is 1. The maximum absolute atomic E-state index is 12.3. The fourth-order valence-electron chi connectivity index (χ4n) is 3.67. The summed E-state index contributed by atoms with van der Waals surface area (Å²) in [6.07, 6.45) is 0.583. The number of phenols is 1. The van der Waals surface area contributed by atoms with E-state index in [9.17, 15) is 9.90 Å². The van der Waals surface area contributed by atoms with Crippen molar-refractivity contribution in [2.75, 3.05) is 7.11 Å². The number of rotatable bonds is 3. The summed E-state index contributed by atoms with van der Waals surface area (Å²) in [7, 11) is 1.65. The highest BCUT2D eigenvalue weighted by atomic mass is 16.5. The first-order valence-electron chi connectivity index (χ1n) is 8.81. The molecule has 3 aromatic carbocycles. The number of amides is 1. The maximum Gasteiger partial charge on any atom is 0.240 e. The van der Waals surface area contributed by atoms with E-state index in [-0.39, 0.29) is 17.7 Å². The fraction of sp³-hybridized carbons (Fsp3) is 0.182. The van der Waals surface area contributed by atoms with Gasteiger partial charge in [-0.15, -0.1) is 0 Å². The highest BCUT2D eigenvalue weighted by Gasteiger charge is 2.32. The number of methoxy groups -OCH3 is 1. The molecule has 0 radical (unpaired) electrons. The van der Waals surface area contributed by atoms with E-state index in [1.54, 1.807) is 25.3 Å². The second-order valence-corrected chi connectivity index (χ2v) is 6.58. The van der Waals surface area contributed by atoms with Gasteiger partial charge in [0, 0.05) is 24.3 Å². The summed E-state index contributed by atoms with van der Waals surface area (Å²) < 4.78 is 5.49. The van der Waals surface area contributed by atoms with Crippen molar-refractivity contribution < 1.29 is 14.6 Å². The lowest BCUT2D eigenvalue weighted by Gasteiger charge is -2.22. The molecule has 1 aliphatic heterocycles. The van der Waals surface area contributed by atoms with Gasteiger partial charge in [0.15, 0.2) is 0 Å². The molecule has 1 N–H and O–H groups in total.